The molecule has 0 radical (unpaired) electrons. The van der Waals surface area contributed by atoms with Crippen LogP contribution < -0.4 is 0 Å². The summed E-state index contributed by atoms with van der Waals surface area (Å²) in [7, 11) is 0. The number of ketones is 1. The van der Waals surface area contributed by atoms with Gasteiger partial charge >= 0.3 is 0 Å². The number of aromatic amines is 1. The molecular formula is C25H26N4OS. The van der Waals surface area contributed by atoms with Crippen LogP contribution in [0.5, 0.6) is 0 Å². The predicted molar refractivity (Wildman–Crippen MR) is 126 cm³/mol. The van der Waals surface area contributed by atoms with Gasteiger partial charge in [0.1, 0.15) is 0 Å². The molecule has 2 heterocycles. The van der Waals surface area contributed by atoms with E-state index < -0.39 is 0 Å². The van der Waals surface area contributed by atoms with Crippen LogP contribution in [0.25, 0.3) is 11.4 Å². The van der Waals surface area contributed by atoms with Crippen molar-refractivity contribution in [2.45, 2.75) is 37.9 Å². The van der Waals surface area contributed by atoms with E-state index in [0.29, 0.717) is 18.0 Å². The summed E-state index contributed by atoms with van der Waals surface area (Å²) in [5, 5.41) is 9.65. The number of rotatable bonds is 7. The fourth-order valence-corrected chi connectivity index (χ4v) is 4.17. The molecule has 2 aromatic heterocycles. The Hall–Kier alpha value is -3.12. The summed E-state index contributed by atoms with van der Waals surface area (Å²) in [5.74, 6) is 1.15. The number of nitrogens with zero attached hydrogens (tertiary/aromatic N) is 3. The number of aromatic nitrogens is 4. The molecule has 0 aliphatic carbocycles. The summed E-state index contributed by atoms with van der Waals surface area (Å²) < 4.78 is 2.09. The van der Waals surface area contributed by atoms with Crippen LogP contribution in [-0.2, 0) is 12.0 Å². The molecule has 0 atom stereocenters. The van der Waals surface area contributed by atoms with E-state index in [1.165, 1.54) is 17.3 Å². The van der Waals surface area contributed by atoms with Gasteiger partial charge in [-0.15, -0.1) is 10.2 Å². The van der Waals surface area contributed by atoms with E-state index in [1.807, 2.05) is 24.3 Å². The predicted octanol–water partition coefficient (Wildman–Crippen LogP) is 5.59. The van der Waals surface area contributed by atoms with Crippen molar-refractivity contribution in [2.24, 2.45) is 0 Å². The average Bonchev–Trinajstić information content (AvgIpc) is 3.43. The quantitative estimate of drug-likeness (QED) is 0.306. The van der Waals surface area contributed by atoms with Gasteiger partial charge in [-0.1, -0.05) is 87.1 Å². The second-order valence-corrected chi connectivity index (χ2v) is 9.44. The number of hydrogen-bond acceptors (Lipinski definition) is 4. The summed E-state index contributed by atoms with van der Waals surface area (Å²) in [4.78, 5) is 15.4. The molecular weight excluding hydrogens is 404 g/mol. The van der Waals surface area contributed by atoms with Crippen molar-refractivity contribution in [2.75, 3.05) is 5.75 Å². The Morgan fingerprint density at radius 3 is 2.35 bits per heavy atom. The number of Topliss-reactive ketones (excluding diaryl/α,β-unsaturated/α-hetero) is 1. The van der Waals surface area contributed by atoms with Crippen molar-refractivity contribution < 1.29 is 4.79 Å². The van der Waals surface area contributed by atoms with Gasteiger partial charge < -0.3 is 4.98 Å². The number of hydrogen-bond donors (Lipinski definition) is 1. The lowest BCUT2D eigenvalue weighted by Crippen LogP contribution is -2.10. The molecule has 0 fully saturated rings. The molecule has 0 aliphatic rings. The second kappa shape index (κ2) is 8.94. The van der Waals surface area contributed by atoms with Crippen molar-refractivity contribution in [3.63, 3.8) is 0 Å². The van der Waals surface area contributed by atoms with Gasteiger partial charge in [-0.3, -0.25) is 9.36 Å². The molecule has 0 unspecified atom stereocenters. The first-order valence-corrected chi connectivity index (χ1v) is 11.3. The largest absolute Gasteiger partial charge is 0.359 e. The Kier molecular flexibility index (Phi) is 6.09. The van der Waals surface area contributed by atoms with Gasteiger partial charge in [0.15, 0.2) is 16.8 Å². The minimum atomic E-state index is 0.0420. The maximum Gasteiger partial charge on any atom is 0.192 e. The van der Waals surface area contributed by atoms with Crippen LogP contribution in [0.4, 0.5) is 0 Å². The van der Waals surface area contributed by atoms with Crippen LogP contribution in [0.2, 0.25) is 0 Å². The van der Waals surface area contributed by atoms with Gasteiger partial charge in [0.25, 0.3) is 0 Å². The molecule has 0 saturated carbocycles. The number of thioether (sulfide) groups is 1. The van der Waals surface area contributed by atoms with Crippen molar-refractivity contribution in [1.82, 2.24) is 19.7 Å². The van der Waals surface area contributed by atoms with E-state index >= 15 is 0 Å². The Balaban J connectivity index is 1.64. The van der Waals surface area contributed by atoms with E-state index in [0.717, 1.165) is 22.1 Å². The summed E-state index contributed by atoms with van der Waals surface area (Å²) in [6.07, 6.45) is 1.76. The fraction of sp³-hybridized carbons (Fsp3) is 0.240. The molecule has 0 spiro atoms. The van der Waals surface area contributed by atoms with Gasteiger partial charge in [-0.2, -0.15) is 0 Å². The molecule has 6 heteroatoms. The van der Waals surface area contributed by atoms with Crippen LogP contribution in [0.3, 0.4) is 0 Å². The van der Waals surface area contributed by atoms with Crippen molar-refractivity contribution in [3.8, 4) is 11.4 Å². The molecule has 4 aromatic rings. The Bertz CT molecular complexity index is 1140. The lowest BCUT2D eigenvalue weighted by atomic mass is 9.87. The van der Waals surface area contributed by atoms with Gasteiger partial charge in [-0.25, -0.2) is 0 Å². The van der Waals surface area contributed by atoms with Crippen LogP contribution >= 0.6 is 11.8 Å². The average molecular weight is 431 g/mol. The highest BCUT2D eigenvalue weighted by Crippen LogP contribution is 2.28. The van der Waals surface area contributed by atoms with Crippen LogP contribution in [-0.4, -0.2) is 31.3 Å². The third kappa shape index (κ3) is 4.97. The zero-order valence-corrected chi connectivity index (χ0v) is 18.8. The second-order valence-electron chi connectivity index (χ2n) is 8.50. The van der Waals surface area contributed by atoms with Crippen LogP contribution in [0.1, 0.15) is 42.4 Å². The molecule has 1 N–H and O–H groups in total. The SMILES string of the molecule is CC(C)(C)c1ccc(-c2nnc(SCC(=O)c3ccc[nH]3)n2Cc2ccccc2)cc1. The molecule has 158 valence electrons. The molecule has 0 bridgehead atoms. The van der Waals surface area contributed by atoms with Crippen LogP contribution in [0, 0.1) is 0 Å². The zero-order chi connectivity index (χ0) is 21.8. The Morgan fingerprint density at radius 2 is 1.71 bits per heavy atom. The lowest BCUT2D eigenvalue weighted by molar-refractivity contribution is 0.101. The van der Waals surface area contributed by atoms with E-state index in [9.17, 15) is 4.79 Å². The van der Waals surface area contributed by atoms with E-state index in [4.69, 9.17) is 0 Å². The maximum atomic E-state index is 12.4. The topological polar surface area (TPSA) is 63.6 Å². The Morgan fingerprint density at radius 1 is 0.968 bits per heavy atom. The number of carbonyl (C=O) groups excluding carboxylic acids is 1. The van der Waals surface area contributed by atoms with Gasteiger partial charge in [-0.05, 0) is 28.7 Å². The van der Waals surface area contributed by atoms with Gasteiger partial charge in [0.2, 0.25) is 0 Å². The zero-order valence-electron chi connectivity index (χ0n) is 18.0. The highest BCUT2D eigenvalue weighted by molar-refractivity contribution is 7.99. The fourth-order valence-electron chi connectivity index (χ4n) is 3.35. The molecule has 4 rings (SSSR count). The van der Waals surface area contributed by atoms with E-state index in [2.05, 4.69) is 76.9 Å². The third-order valence-corrected chi connectivity index (χ3v) is 6.11. The monoisotopic (exact) mass is 430 g/mol. The molecule has 0 saturated heterocycles. The smallest absolute Gasteiger partial charge is 0.192 e. The first-order chi connectivity index (χ1) is 14.9. The van der Waals surface area contributed by atoms with Gasteiger partial charge in [0, 0.05) is 11.8 Å². The maximum absolute atomic E-state index is 12.4. The van der Waals surface area contributed by atoms with Crippen molar-refractivity contribution >= 4 is 17.5 Å². The highest BCUT2D eigenvalue weighted by atomic mass is 32.2. The van der Waals surface area contributed by atoms with Gasteiger partial charge in [0.05, 0.1) is 18.0 Å². The molecule has 0 aliphatic heterocycles. The minimum Gasteiger partial charge on any atom is -0.359 e. The number of nitrogens with one attached hydrogen (secondary N) is 1. The summed E-state index contributed by atoms with van der Waals surface area (Å²) >= 11 is 1.42. The summed E-state index contributed by atoms with van der Waals surface area (Å²) in [5.41, 5.74) is 4.15. The van der Waals surface area contributed by atoms with E-state index in [1.54, 1.807) is 12.3 Å². The third-order valence-electron chi connectivity index (χ3n) is 5.14. The minimum absolute atomic E-state index is 0.0420. The Labute approximate surface area is 186 Å². The highest BCUT2D eigenvalue weighted by Gasteiger charge is 2.18. The number of carbonyl (C=O) groups is 1. The van der Waals surface area contributed by atoms with Crippen LogP contribution in [0.15, 0.2) is 78.1 Å². The first-order valence-electron chi connectivity index (χ1n) is 10.3. The summed E-state index contributed by atoms with van der Waals surface area (Å²) in [6.45, 7) is 7.25. The van der Waals surface area contributed by atoms with Crippen molar-refractivity contribution in [3.05, 3.63) is 89.7 Å². The molecule has 5 nitrogen and oxygen atoms in total. The lowest BCUT2D eigenvalue weighted by Gasteiger charge is -2.19. The molecule has 2 aromatic carbocycles. The number of H-pyrrole nitrogens is 1. The molecule has 31 heavy (non-hydrogen) atoms. The van der Waals surface area contributed by atoms with Crippen molar-refractivity contribution in [1.29, 1.82) is 0 Å². The first kappa shape index (κ1) is 21.1. The van der Waals surface area contributed by atoms with E-state index in [-0.39, 0.29) is 11.2 Å². The molecule has 0 amide bonds. The standard InChI is InChI=1S/C25H26N4OS/c1-25(2,3)20-13-11-19(12-14-20)23-27-28-24(29(23)16-18-8-5-4-6-9-18)31-17-22(30)21-10-7-15-26-21/h4-15,26H,16-17H2,1-3H3. The normalized spacial score (nSPS) is 11.6. The summed E-state index contributed by atoms with van der Waals surface area (Å²) in [6, 6.07) is 22.4. The number of benzene rings is 2.